The lowest BCUT2D eigenvalue weighted by Crippen LogP contribution is -2.35. The van der Waals surface area contributed by atoms with Crippen molar-refractivity contribution in [1.82, 2.24) is 24.3 Å². The number of piperidine rings is 1. The molecule has 3 rings (SSSR count). The molecule has 1 fully saturated rings. The molecule has 11 heteroatoms. The van der Waals surface area contributed by atoms with Crippen LogP contribution in [0.4, 0.5) is 5.95 Å². The zero-order valence-electron chi connectivity index (χ0n) is 15.2. The number of aryl methyl sites for hydroxylation is 1. The summed E-state index contributed by atoms with van der Waals surface area (Å²) >= 11 is 0. The van der Waals surface area contributed by atoms with E-state index in [4.69, 9.17) is 4.74 Å². The van der Waals surface area contributed by atoms with E-state index in [9.17, 15) is 13.2 Å². The number of carbonyl (C=O) groups excluding carboxylic acids is 1. The lowest BCUT2D eigenvalue weighted by molar-refractivity contribution is 0.0954. The van der Waals surface area contributed by atoms with Gasteiger partial charge in [0.1, 0.15) is 10.6 Å². The number of hydrogen-bond acceptors (Lipinski definition) is 7. The molecule has 146 valence electrons. The Morgan fingerprint density at radius 2 is 2.00 bits per heavy atom. The van der Waals surface area contributed by atoms with Crippen molar-refractivity contribution in [2.45, 2.75) is 24.2 Å². The third-order valence-electron chi connectivity index (χ3n) is 4.29. The maximum Gasteiger partial charge on any atom is 0.286 e. The molecule has 2 aromatic heterocycles. The summed E-state index contributed by atoms with van der Waals surface area (Å²) in [4.78, 5) is 20.5. The molecule has 1 amide bonds. The Balaban J connectivity index is 1.72. The topological polar surface area (TPSA) is 118 Å². The molecular weight excluding hydrogens is 372 g/mol. The number of anilines is 1. The van der Waals surface area contributed by atoms with E-state index in [1.807, 2.05) is 0 Å². The van der Waals surface area contributed by atoms with Crippen molar-refractivity contribution < 1.29 is 17.9 Å². The number of sulfonamides is 1. The maximum absolute atomic E-state index is 12.8. The number of methoxy groups -OCH3 is 1. The predicted molar refractivity (Wildman–Crippen MR) is 97.7 cm³/mol. The Morgan fingerprint density at radius 1 is 1.26 bits per heavy atom. The molecule has 0 saturated carbocycles. The van der Waals surface area contributed by atoms with Gasteiger partial charge in [-0.25, -0.2) is 13.4 Å². The number of amides is 1. The summed E-state index contributed by atoms with van der Waals surface area (Å²) in [5.74, 6) is -0.0161. The van der Waals surface area contributed by atoms with Crippen LogP contribution in [0.2, 0.25) is 0 Å². The van der Waals surface area contributed by atoms with Gasteiger partial charge in [-0.1, -0.05) is 6.42 Å². The summed E-state index contributed by atoms with van der Waals surface area (Å²) in [6, 6.07) is 2.94. The fraction of sp³-hybridized carbons (Fsp3) is 0.438. The summed E-state index contributed by atoms with van der Waals surface area (Å²) in [5.41, 5.74) is 5.23. The molecular formula is C16H22N6O4S. The molecule has 0 bridgehead atoms. The third-order valence-corrected chi connectivity index (χ3v) is 6.16. The van der Waals surface area contributed by atoms with Crippen molar-refractivity contribution in [1.29, 1.82) is 0 Å². The molecule has 0 aliphatic carbocycles. The quantitative estimate of drug-likeness (QED) is 0.694. The number of carbonyl (C=O) groups is 1. The Bertz CT molecular complexity index is 921. The van der Waals surface area contributed by atoms with Gasteiger partial charge in [-0.3, -0.25) is 15.6 Å². The number of aromatic nitrogens is 3. The smallest absolute Gasteiger partial charge is 0.286 e. The second-order valence-corrected chi connectivity index (χ2v) is 8.08. The second-order valence-electron chi connectivity index (χ2n) is 6.14. The first-order valence-electron chi connectivity index (χ1n) is 8.52. The molecule has 0 atom stereocenters. The maximum atomic E-state index is 12.8. The second kappa shape index (κ2) is 7.92. The van der Waals surface area contributed by atoms with Gasteiger partial charge in [0.05, 0.1) is 7.11 Å². The lowest BCUT2D eigenvalue weighted by Gasteiger charge is -2.25. The van der Waals surface area contributed by atoms with Crippen molar-refractivity contribution >= 4 is 21.9 Å². The van der Waals surface area contributed by atoms with Gasteiger partial charge in [-0.15, -0.1) is 0 Å². The molecule has 27 heavy (non-hydrogen) atoms. The van der Waals surface area contributed by atoms with Crippen LogP contribution >= 0.6 is 0 Å². The van der Waals surface area contributed by atoms with Gasteiger partial charge < -0.3 is 9.30 Å². The molecule has 0 radical (unpaired) electrons. The number of ether oxygens (including phenoxy) is 1. The third kappa shape index (κ3) is 4.19. The number of hydrogen-bond donors (Lipinski definition) is 2. The first-order valence-corrected chi connectivity index (χ1v) is 9.96. The van der Waals surface area contributed by atoms with E-state index in [1.54, 1.807) is 13.1 Å². The Kier molecular flexibility index (Phi) is 5.61. The van der Waals surface area contributed by atoms with Crippen LogP contribution in [0.5, 0.6) is 5.88 Å². The molecule has 1 aliphatic rings. The van der Waals surface area contributed by atoms with E-state index in [-0.39, 0.29) is 16.5 Å². The predicted octanol–water partition coefficient (Wildman–Crippen LogP) is 0.755. The van der Waals surface area contributed by atoms with Crippen LogP contribution in [-0.2, 0) is 17.1 Å². The van der Waals surface area contributed by atoms with Crippen LogP contribution < -0.4 is 15.6 Å². The highest BCUT2D eigenvalue weighted by atomic mass is 32.2. The van der Waals surface area contributed by atoms with E-state index in [1.165, 1.54) is 34.4 Å². The molecule has 10 nitrogen and oxygen atoms in total. The lowest BCUT2D eigenvalue weighted by atomic mass is 10.2. The van der Waals surface area contributed by atoms with Gasteiger partial charge in [-0.2, -0.15) is 9.29 Å². The van der Waals surface area contributed by atoms with Crippen molar-refractivity contribution in [2.75, 3.05) is 25.6 Å². The van der Waals surface area contributed by atoms with Gasteiger partial charge in [0, 0.05) is 38.6 Å². The number of nitrogens with one attached hydrogen (secondary N) is 2. The van der Waals surface area contributed by atoms with E-state index in [2.05, 4.69) is 20.8 Å². The molecule has 0 aromatic carbocycles. The highest BCUT2D eigenvalue weighted by molar-refractivity contribution is 7.89. The van der Waals surface area contributed by atoms with Crippen LogP contribution in [-0.4, -0.2) is 53.4 Å². The van der Waals surface area contributed by atoms with Gasteiger partial charge in [0.25, 0.3) is 5.91 Å². The van der Waals surface area contributed by atoms with Crippen LogP contribution in [0, 0.1) is 0 Å². The molecule has 0 unspecified atom stereocenters. The van der Waals surface area contributed by atoms with Crippen molar-refractivity contribution in [3.63, 3.8) is 0 Å². The van der Waals surface area contributed by atoms with Gasteiger partial charge >= 0.3 is 0 Å². The number of hydrazine groups is 1. The van der Waals surface area contributed by atoms with Crippen molar-refractivity contribution in [3.8, 4) is 5.88 Å². The Morgan fingerprint density at radius 3 is 2.70 bits per heavy atom. The molecule has 2 aromatic rings. The minimum atomic E-state index is -3.60. The SMILES string of the molecule is COc1ccnc(NNC(=O)c2cc(S(=O)(=O)N3CCCCC3)cn2C)n1. The summed E-state index contributed by atoms with van der Waals surface area (Å²) < 4.78 is 33.4. The van der Waals surface area contributed by atoms with E-state index in [0.717, 1.165) is 19.3 Å². The normalized spacial score (nSPS) is 15.3. The Hall–Kier alpha value is -2.66. The van der Waals surface area contributed by atoms with Crippen molar-refractivity contribution in [2.24, 2.45) is 7.05 Å². The standard InChI is InChI=1S/C16H22N6O4S/c1-21-11-12(27(24,25)22-8-4-3-5-9-22)10-13(21)15(23)19-20-16-17-7-6-14(18-16)26-2/h6-7,10-11H,3-5,8-9H2,1-2H3,(H,19,23)(H,17,18,20). The molecule has 1 saturated heterocycles. The van der Waals surface area contributed by atoms with Gasteiger partial charge in [0.15, 0.2) is 0 Å². The van der Waals surface area contributed by atoms with Crippen molar-refractivity contribution in [3.05, 3.63) is 30.2 Å². The largest absolute Gasteiger partial charge is 0.481 e. The highest BCUT2D eigenvalue weighted by Crippen LogP contribution is 2.22. The van der Waals surface area contributed by atoms with E-state index in [0.29, 0.717) is 19.0 Å². The number of rotatable bonds is 6. The van der Waals surface area contributed by atoms with Crippen LogP contribution in [0.3, 0.4) is 0 Å². The minimum Gasteiger partial charge on any atom is -0.481 e. The molecule has 2 N–H and O–H groups in total. The number of nitrogens with zero attached hydrogens (tertiary/aromatic N) is 4. The van der Waals surface area contributed by atoms with Crippen LogP contribution in [0.25, 0.3) is 0 Å². The molecule has 1 aliphatic heterocycles. The Labute approximate surface area is 157 Å². The summed E-state index contributed by atoms with van der Waals surface area (Å²) in [7, 11) is -0.514. The average molecular weight is 394 g/mol. The summed E-state index contributed by atoms with van der Waals surface area (Å²) in [6.07, 6.45) is 5.66. The minimum absolute atomic E-state index is 0.106. The van der Waals surface area contributed by atoms with E-state index < -0.39 is 15.9 Å². The summed E-state index contributed by atoms with van der Waals surface area (Å²) in [5, 5.41) is 0. The molecule has 3 heterocycles. The van der Waals surface area contributed by atoms with Crippen LogP contribution in [0.15, 0.2) is 29.4 Å². The molecule has 0 spiro atoms. The highest BCUT2D eigenvalue weighted by Gasteiger charge is 2.28. The van der Waals surface area contributed by atoms with Crippen LogP contribution in [0.1, 0.15) is 29.8 Å². The zero-order chi connectivity index (χ0) is 19.4. The fourth-order valence-electron chi connectivity index (χ4n) is 2.85. The van der Waals surface area contributed by atoms with E-state index >= 15 is 0 Å². The van der Waals surface area contributed by atoms with Gasteiger partial charge in [-0.05, 0) is 18.9 Å². The zero-order valence-corrected chi connectivity index (χ0v) is 16.0. The van der Waals surface area contributed by atoms with Gasteiger partial charge in [0.2, 0.25) is 21.9 Å². The summed E-state index contributed by atoms with van der Waals surface area (Å²) in [6.45, 7) is 1.01. The fourth-order valence-corrected chi connectivity index (χ4v) is 4.44. The monoisotopic (exact) mass is 394 g/mol. The first-order chi connectivity index (χ1) is 12.9. The average Bonchev–Trinajstić information content (AvgIpc) is 3.09. The first kappa shape index (κ1) is 19.1.